The van der Waals surface area contributed by atoms with Crippen molar-refractivity contribution < 1.29 is 24.2 Å². The monoisotopic (exact) mass is 636 g/mol. The molecule has 1 aromatic heterocycles. The maximum Gasteiger partial charge on any atom is 0.412 e. The Morgan fingerprint density at radius 3 is 2.39 bits per heavy atom. The van der Waals surface area contributed by atoms with E-state index in [4.69, 9.17) is 16.3 Å². The first kappa shape index (κ1) is 29.7. The van der Waals surface area contributed by atoms with Gasteiger partial charge in [0.1, 0.15) is 17.0 Å². The highest BCUT2D eigenvalue weighted by molar-refractivity contribution is 6.19. The van der Waals surface area contributed by atoms with E-state index < -0.39 is 11.7 Å². The number of alkyl halides is 1. The van der Waals surface area contributed by atoms with Gasteiger partial charge in [-0.15, -0.1) is 11.6 Å². The quantitative estimate of drug-likeness (QED) is 0.176. The van der Waals surface area contributed by atoms with Gasteiger partial charge in [-0.1, -0.05) is 24.3 Å². The molecule has 2 aliphatic rings. The van der Waals surface area contributed by atoms with E-state index >= 15 is 0 Å². The van der Waals surface area contributed by atoms with E-state index in [-0.39, 0.29) is 23.5 Å². The highest BCUT2D eigenvalue weighted by Gasteiger charge is 2.36. The van der Waals surface area contributed by atoms with Crippen LogP contribution in [0.5, 0.6) is 5.75 Å². The molecule has 3 amide bonds. The molecule has 2 aliphatic heterocycles. The van der Waals surface area contributed by atoms with Crippen LogP contribution in [0, 0.1) is 0 Å². The number of H-pyrrole nitrogens is 1. The van der Waals surface area contributed by atoms with Crippen LogP contribution >= 0.6 is 11.6 Å². The van der Waals surface area contributed by atoms with Gasteiger partial charge in [-0.25, -0.2) is 4.79 Å². The lowest BCUT2D eigenvalue weighted by atomic mass is 9.95. The van der Waals surface area contributed by atoms with Crippen LogP contribution in [0.4, 0.5) is 21.9 Å². The molecule has 0 bridgehead atoms. The molecule has 0 unspecified atom stereocenters. The second kappa shape index (κ2) is 11.1. The number of anilines is 3. The minimum absolute atomic E-state index is 0.0681. The predicted octanol–water partition coefficient (Wildman–Crippen LogP) is 7.56. The normalized spacial score (nSPS) is 15.7. The molecule has 0 spiro atoms. The molecule has 3 heterocycles. The second-order valence-corrected chi connectivity index (χ2v) is 13.1. The smallest absolute Gasteiger partial charge is 0.412 e. The van der Waals surface area contributed by atoms with Crippen molar-refractivity contribution in [3.63, 3.8) is 0 Å². The van der Waals surface area contributed by atoms with Crippen LogP contribution in [0.25, 0.3) is 21.7 Å². The van der Waals surface area contributed by atoms with Crippen molar-refractivity contribution in [2.45, 2.75) is 38.7 Å². The van der Waals surface area contributed by atoms with Gasteiger partial charge in [0.2, 0.25) is 0 Å². The number of halogens is 1. The molecule has 0 saturated heterocycles. The van der Waals surface area contributed by atoms with Gasteiger partial charge in [-0.2, -0.15) is 0 Å². The number of carbonyl (C=O) groups excluding carboxylic acids is 3. The van der Waals surface area contributed by atoms with Crippen molar-refractivity contribution in [3.8, 4) is 5.75 Å². The van der Waals surface area contributed by atoms with E-state index in [1.807, 2.05) is 42.5 Å². The van der Waals surface area contributed by atoms with E-state index in [0.717, 1.165) is 38.5 Å². The molecule has 10 heteroatoms. The molecule has 0 fully saturated rings. The number of aromatic nitrogens is 1. The Kier molecular flexibility index (Phi) is 7.16. The van der Waals surface area contributed by atoms with Gasteiger partial charge in [0.15, 0.2) is 0 Å². The molecule has 4 aromatic carbocycles. The Hall–Kier alpha value is -5.02. The molecular weight excluding hydrogens is 604 g/mol. The van der Waals surface area contributed by atoms with Gasteiger partial charge < -0.3 is 24.6 Å². The van der Waals surface area contributed by atoms with E-state index in [2.05, 4.69) is 10.3 Å². The average molecular weight is 637 g/mol. The number of benzene rings is 4. The molecule has 0 aliphatic carbocycles. The molecule has 5 aromatic rings. The summed E-state index contributed by atoms with van der Waals surface area (Å²) in [5.41, 5.74) is 5.07. The fraction of sp³-hybridized carbons (Fsp3) is 0.250. The third-order valence-corrected chi connectivity index (χ3v) is 8.97. The van der Waals surface area contributed by atoms with Gasteiger partial charge in [-0.3, -0.25) is 14.9 Å². The Bertz CT molecular complexity index is 2050. The van der Waals surface area contributed by atoms with Crippen LogP contribution in [-0.4, -0.2) is 52.6 Å². The summed E-state index contributed by atoms with van der Waals surface area (Å²) in [6.07, 6.45) is 0.0796. The number of phenolic OH excluding ortho intramolecular Hbond substituents is 1. The lowest BCUT2D eigenvalue weighted by Crippen LogP contribution is -2.30. The van der Waals surface area contributed by atoms with Crippen LogP contribution in [0.3, 0.4) is 0 Å². The summed E-state index contributed by atoms with van der Waals surface area (Å²) in [4.78, 5) is 46.4. The number of nitrogens with zero attached hydrogens (tertiary/aromatic N) is 2. The van der Waals surface area contributed by atoms with Crippen molar-refractivity contribution in [2.75, 3.05) is 34.1 Å². The van der Waals surface area contributed by atoms with Crippen LogP contribution in [0.1, 0.15) is 58.7 Å². The van der Waals surface area contributed by atoms with Crippen molar-refractivity contribution in [3.05, 3.63) is 95.2 Å². The summed E-state index contributed by atoms with van der Waals surface area (Å²) in [6, 6.07) is 21.6. The first-order valence-corrected chi connectivity index (χ1v) is 15.7. The number of fused-ring (bicyclic) bond motifs is 6. The third-order valence-electron chi connectivity index (χ3n) is 8.60. The fourth-order valence-electron chi connectivity index (χ4n) is 6.60. The van der Waals surface area contributed by atoms with Gasteiger partial charge in [0.25, 0.3) is 11.8 Å². The summed E-state index contributed by atoms with van der Waals surface area (Å²) < 4.78 is 5.30. The number of aromatic hydroxyl groups is 1. The Morgan fingerprint density at radius 2 is 1.67 bits per heavy atom. The minimum atomic E-state index is -0.617. The number of nitrogens with one attached hydrogen (secondary N) is 2. The molecule has 3 N–H and O–H groups in total. The molecule has 9 nitrogen and oxygen atoms in total. The highest BCUT2D eigenvalue weighted by Crippen LogP contribution is 2.46. The number of ether oxygens (including phenoxy) is 1. The molecule has 0 saturated carbocycles. The van der Waals surface area contributed by atoms with E-state index in [1.54, 1.807) is 60.9 Å². The first-order valence-electron chi connectivity index (χ1n) is 15.2. The number of aromatic amines is 1. The van der Waals surface area contributed by atoms with Crippen molar-refractivity contribution in [2.24, 2.45) is 0 Å². The summed E-state index contributed by atoms with van der Waals surface area (Å²) in [7, 11) is 0. The van der Waals surface area contributed by atoms with E-state index in [0.29, 0.717) is 48.0 Å². The Morgan fingerprint density at radius 1 is 0.935 bits per heavy atom. The molecule has 234 valence electrons. The zero-order valence-electron chi connectivity index (χ0n) is 25.7. The van der Waals surface area contributed by atoms with Crippen molar-refractivity contribution in [1.82, 2.24) is 4.98 Å². The topological polar surface area (TPSA) is 115 Å². The third kappa shape index (κ3) is 5.10. The largest absolute Gasteiger partial charge is 0.507 e. The zero-order valence-corrected chi connectivity index (χ0v) is 26.4. The number of carbonyl (C=O) groups is 3. The second-order valence-electron chi connectivity index (χ2n) is 12.8. The maximum atomic E-state index is 14.0. The van der Waals surface area contributed by atoms with Crippen molar-refractivity contribution in [1.29, 1.82) is 0 Å². The molecule has 1 atom stereocenters. The van der Waals surface area contributed by atoms with Gasteiger partial charge in [0.05, 0.1) is 5.69 Å². The maximum absolute atomic E-state index is 14.0. The fourth-order valence-corrected chi connectivity index (χ4v) is 6.85. The zero-order chi connectivity index (χ0) is 32.3. The molecule has 7 rings (SSSR count). The first-order chi connectivity index (χ1) is 22.0. The standard InChI is InChI=1S/C36H33ClN4O5/c1-36(2,3)46-35(45)38-22-10-8-20(9-11-22)33(43)40-15-14-23-26-16-28(39-27(26)12-13-29(23)40)34(44)41-19-21(18-37)32-25-7-5-4-6-24(25)31(42)17-30(32)41/h4-13,16-17,21,39,42H,14-15,18-19H2,1-3H3,(H,38,45)/t21-/m1/s1. The van der Waals surface area contributed by atoms with Crippen LogP contribution in [-0.2, 0) is 11.2 Å². The lowest BCUT2D eigenvalue weighted by molar-refractivity contribution is 0.0635. The number of rotatable bonds is 4. The van der Waals surface area contributed by atoms with Crippen molar-refractivity contribution >= 4 is 68.2 Å². The highest BCUT2D eigenvalue weighted by atomic mass is 35.5. The predicted molar refractivity (Wildman–Crippen MR) is 181 cm³/mol. The molecule has 0 radical (unpaired) electrons. The lowest BCUT2D eigenvalue weighted by Gasteiger charge is -2.20. The number of hydrogen-bond acceptors (Lipinski definition) is 5. The number of hydrogen-bond donors (Lipinski definition) is 3. The Labute approximate surface area is 270 Å². The number of amides is 3. The summed E-state index contributed by atoms with van der Waals surface area (Å²) >= 11 is 6.39. The molecular formula is C36H33ClN4O5. The SMILES string of the molecule is CC(C)(C)OC(=O)Nc1ccc(C(=O)N2CCc3c2ccc2[nH]c(C(=O)N4C[C@@H](CCl)c5c4cc(O)c4ccccc54)cc32)cc1. The summed E-state index contributed by atoms with van der Waals surface area (Å²) in [5, 5.41) is 16.0. The average Bonchev–Trinajstić information content (AvgIpc) is 3.75. The van der Waals surface area contributed by atoms with E-state index in [9.17, 15) is 19.5 Å². The minimum Gasteiger partial charge on any atom is -0.507 e. The van der Waals surface area contributed by atoms with Crippen LogP contribution < -0.4 is 15.1 Å². The summed E-state index contributed by atoms with van der Waals surface area (Å²) in [6.45, 7) is 6.29. The number of phenols is 1. The van der Waals surface area contributed by atoms with Crippen LogP contribution in [0.2, 0.25) is 0 Å². The molecule has 46 heavy (non-hydrogen) atoms. The Balaban J connectivity index is 1.14. The summed E-state index contributed by atoms with van der Waals surface area (Å²) in [5.74, 6) is 0.0385. The van der Waals surface area contributed by atoms with Crippen LogP contribution in [0.15, 0.2) is 72.8 Å². The van der Waals surface area contributed by atoms with Gasteiger partial charge >= 0.3 is 6.09 Å². The van der Waals surface area contributed by atoms with Gasteiger partial charge in [0, 0.05) is 64.2 Å². The van der Waals surface area contributed by atoms with E-state index in [1.165, 1.54) is 0 Å². The van der Waals surface area contributed by atoms with Gasteiger partial charge in [-0.05, 0) is 86.2 Å².